The van der Waals surface area contributed by atoms with E-state index in [1.165, 1.54) is 19.2 Å². The Balaban J connectivity index is 1.63. The molecule has 0 bridgehead atoms. The number of nitrogens with one attached hydrogen (secondary N) is 1. The second kappa shape index (κ2) is 6.93. The third-order valence-corrected chi connectivity index (χ3v) is 4.62. The average Bonchev–Trinajstić information content (AvgIpc) is 3.08. The van der Waals surface area contributed by atoms with E-state index in [-0.39, 0.29) is 17.9 Å². The summed E-state index contributed by atoms with van der Waals surface area (Å²) in [4.78, 5) is 36.0. The fourth-order valence-corrected chi connectivity index (χ4v) is 3.22. The van der Waals surface area contributed by atoms with E-state index in [1.54, 1.807) is 13.0 Å². The zero-order valence-electron chi connectivity index (χ0n) is 13.5. The van der Waals surface area contributed by atoms with E-state index < -0.39 is 0 Å². The summed E-state index contributed by atoms with van der Waals surface area (Å²) in [7, 11) is 0. The number of hydrogen-bond donors (Lipinski definition) is 1. The Labute approximate surface area is 136 Å². The standard InChI is InChI=1S/C16H23N5O2/c1-12(22)20-6-8-21(9-7-20)15-10-14(17-11-18-15)16(23)19-13-4-2-3-5-13/h10-11,13H,2-9H2,1H3,(H,19,23). The van der Waals surface area contributed by atoms with Crippen molar-refractivity contribution in [3.8, 4) is 0 Å². The molecule has 1 aliphatic heterocycles. The minimum absolute atomic E-state index is 0.101. The van der Waals surface area contributed by atoms with Crippen molar-refractivity contribution in [2.24, 2.45) is 0 Å². The first-order chi connectivity index (χ1) is 11.1. The van der Waals surface area contributed by atoms with Crippen molar-refractivity contribution in [3.63, 3.8) is 0 Å². The van der Waals surface area contributed by atoms with Gasteiger partial charge >= 0.3 is 0 Å². The molecule has 1 aromatic rings. The van der Waals surface area contributed by atoms with Gasteiger partial charge in [-0.15, -0.1) is 0 Å². The molecule has 3 rings (SSSR count). The maximum atomic E-state index is 12.3. The molecular weight excluding hydrogens is 294 g/mol. The topological polar surface area (TPSA) is 78.4 Å². The molecule has 0 unspecified atom stereocenters. The summed E-state index contributed by atoms with van der Waals surface area (Å²) in [5.41, 5.74) is 0.413. The summed E-state index contributed by atoms with van der Waals surface area (Å²) in [5.74, 6) is 0.728. The summed E-state index contributed by atoms with van der Waals surface area (Å²) in [6.07, 6.45) is 5.91. The van der Waals surface area contributed by atoms with E-state index in [1.807, 2.05) is 4.90 Å². The Morgan fingerprint density at radius 3 is 2.48 bits per heavy atom. The second-order valence-electron chi connectivity index (χ2n) is 6.21. The van der Waals surface area contributed by atoms with E-state index in [2.05, 4.69) is 20.2 Å². The van der Waals surface area contributed by atoms with Gasteiger partial charge in [0.15, 0.2) is 0 Å². The van der Waals surface area contributed by atoms with Crippen molar-refractivity contribution in [3.05, 3.63) is 18.1 Å². The molecule has 7 nitrogen and oxygen atoms in total. The van der Waals surface area contributed by atoms with Crippen LogP contribution >= 0.6 is 0 Å². The first-order valence-corrected chi connectivity index (χ1v) is 8.27. The second-order valence-corrected chi connectivity index (χ2v) is 6.21. The van der Waals surface area contributed by atoms with Gasteiger partial charge in [-0.3, -0.25) is 9.59 Å². The molecule has 7 heteroatoms. The highest BCUT2D eigenvalue weighted by molar-refractivity contribution is 5.93. The Bertz CT molecular complexity index is 578. The molecule has 23 heavy (non-hydrogen) atoms. The highest BCUT2D eigenvalue weighted by Gasteiger charge is 2.22. The molecular formula is C16H23N5O2. The van der Waals surface area contributed by atoms with Gasteiger partial charge in [0.2, 0.25) is 5.91 Å². The summed E-state index contributed by atoms with van der Waals surface area (Å²) < 4.78 is 0. The van der Waals surface area contributed by atoms with Crippen LogP contribution in [-0.2, 0) is 4.79 Å². The van der Waals surface area contributed by atoms with Gasteiger partial charge in [-0.2, -0.15) is 0 Å². The van der Waals surface area contributed by atoms with Crippen molar-refractivity contribution in [2.45, 2.75) is 38.6 Å². The van der Waals surface area contributed by atoms with Crippen LogP contribution in [0.3, 0.4) is 0 Å². The van der Waals surface area contributed by atoms with Crippen LogP contribution in [0.15, 0.2) is 12.4 Å². The van der Waals surface area contributed by atoms with Gasteiger partial charge in [-0.1, -0.05) is 12.8 Å². The van der Waals surface area contributed by atoms with Crippen LogP contribution in [0, 0.1) is 0 Å². The fraction of sp³-hybridized carbons (Fsp3) is 0.625. The minimum Gasteiger partial charge on any atom is -0.353 e. The first kappa shape index (κ1) is 15.7. The smallest absolute Gasteiger partial charge is 0.270 e. The highest BCUT2D eigenvalue weighted by atomic mass is 16.2. The molecule has 1 saturated heterocycles. The van der Waals surface area contributed by atoms with Gasteiger partial charge in [-0.05, 0) is 12.8 Å². The van der Waals surface area contributed by atoms with Gasteiger partial charge < -0.3 is 15.1 Å². The number of anilines is 1. The van der Waals surface area contributed by atoms with Gasteiger partial charge in [0.1, 0.15) is 17.8 Å². The summed E-state index contributed by atoms with van der Waals surface area (Å²) in [6, 6.07) is 2.02. The quantitative estimate of drug-likeness (QED) is 0.893. The number of carbonyl (C=O) groups is 2. The molecule has 1 saturated carbocycles. The first-order valence-electron chi connectivity index (χ1n) is 8.27. The minimum atomic E-state index is -0.122. The third kappa shape index (κ3) is 3.78. The van der Waals surface area contributed by atoms with Crippen LogP contribution in [-0.4, -0.2) is 58.9 Å². The predicted molar refractivity (Wildman–Crippen MR) is 86.2 cm³/mol. The summed E-state index contributed by atoms with van der Waals surface area (Å²) in [6.45, 7) is 4.40. The molecule has 2 fully saturated rings. The Morgan fingerprint density at radius 1 is 1.13 bits per heavy atom. The molecule has 2 amide bonds. The Kier molecular flexibility index (Phi) is 4.73. The Hall–Kier alpha value is -2.18. The van der Waals surface area contributed by atoms with E-state index in [9.17, 15) is 9.59 Å². The monoisotopic (exact) mass is 317 g/mol. The summed E-state index contributed by atoms with van der Waals surface area (Å²) >= 11 is 0. The van der Waals surface area contributed by atoms with Gasteiger partial charge in [0.05, 0.1) is 0 Å². The third-order valence-electron chi connectivity index (χ3n) is 4.62. The van der Waals surface area contributed by atoms with E-state index >= 15 is 0 Å². The van der Waals surface area contributed by atoms with E-state index in [0.717, 1.165) is 31.7 Å². The normalized spacial score (nSPS) is 19.0. The lowest BCUT2D eigenvalue weighted by Crippen LogP contribution is -2.48. The number of hydrogen-bond acceptors (Lipinski definition) is 5. The van der Waals surface area contributed by atoms with E-state index in [0.29, 0.717) is 18.8 Å². The number of piperazine rings is 1. The van der Waals surface area contributed by atoms with Gasteiger partial charge in [0.25, 0.3) is 5.91 Å². The number of aromatic nitrogens is 2. The van der Waals surface area contributed by atoms with Crippen molar-refractivity contribution in [1.29, 1.82) is 0 Å². The maximum absolute atomic E-state index is 12.3. The van der Waals surface area contributed by atoms with Gasteiger partial charge in [-0.25, -0.2) is 9.97 Å². The zero-order valence-corrected chi connectivity index (χ0v) is 13.5. The highest BCUT2D eigenvalue weighted by Crippen LogP contribution is 2.19. The number of amides is 2. The predicted octanol–water partition coefficient (Wildman–Crippen LogP) is 0.817. The number of rotatable bonds is 3. The zero-order chi connectivity index (χ0) is 16.2. The fourth-order valence-electron chi connectivity index (χ4n) is 3.22. The average molecular weight is 317 g/mol. The largest absolute Gasteiger partial charge is 0.353 e. The van der Waals surface area contributed by atoms with Gasteiger partial charge in [0, 0.05) is 45.2 Å². The van der Waals surface area contributed by atoms with E-state index in [4.69, 9.17) is 0 Å². The van der Waals surface area contributed by atoms with Crippen LogP contribution in [0.2, 0.25) is 0 Å². The lowest BCUT2D eigenvalue weighted by Gasteiger charge is -2.34. The molecule has 0 atom stereocenters. The SMILES string of the molecule is CC(=O)N1CCN(c2cc(C(=O)NC3CCCC3)ncn2)CC1. The molecule has 124 valence electrons. The van der Waals surface area contributed by atoms with Crippen LogP contribution in [0.25, 0.3) is 0 Å². The lowest BCUT2D eigenvalue weighted by molar-refractivity contribution is -0.129. The van der Waals surface area contributed by atoms with Crippen molar-refractivity contribution in [1.82, 2.24) is 20.2 Å². The van der Waals surface area contributed by atoms with Crippen LogP contribution in [0.5, 0.6) is 0 Å². The summed E-state index contributed by atoms with van der Waals surface area (Å²) in [5, 5.41) is 3.05. The van der Waals surface area contributed by atoms with Crippen molar-refractivity contribution < 1.29 is 9.59 Å². The number of nitrogens with zero attached hydrogens (tertiary/aromatic N) is 4. The molecule has 2 aliphatic rings. The molecule has 1 aromatic heterocycles. The molecule has 2 heterocycles. The lowest BCUT2D eigenvalue weighted by atomic mass is 10.2. The van der Waals surface area contributed by atoms with Crippen molar-refractivity contribution in [2.75, 3.05) is 31.1 Å². The number of carbonyl (C=O) groups excluding carboxylic acids is 2. The molecule has 0 radical (unpaired) electrons. The van der Waals surface area contributed by atoms with Crippen molar-refractivity contribution >= 4 is 17.6 Å². The molecule has 1 N–H and O–H groups in total. The molecule has 0 aromatic carbocycles. The maximum Gasteiger partial charge on any atom is 0.270 e. The van der Waals surface area contributed by atoms with Crippen LogP contribution in [0.4, 0.5) is 5.82 Å². The molecule has 1 aliphatic carbocycles. The Morgan fingerprint density at radius 2 is 1.83 bits per heavy atom. The van der Waals surface area contributed by atoms with Crippen LogP contribution < -0.4 is 10.2 Å². The van der Waals surface area contributed by atoms with Crippen LogP contribution in [0.1, 0.15) is 43.1 Å². The molecule has 0 spiro atoms.